The van der Waals surface area contributed by atoms with E-state index in [4.69, 9.17) is 20.8 Å². The minimum absolute atomic E-state index is 0.0478. The number of hydrogen-bond acceptors (Lipinski definition) is 5. The van der Waals surface area contributed by atoms with Crippen LogP contribution in [0.4, 0.5) is 0 Å². The third-order valence-electron chi connectivity index (χ3n) is 5.97. The van der Waals surface area contributed by atoms with Gasteiger partial charge in [0.05, 0.1) is 11.3 Å². The van der Waals surface area contributed by atoms with E-state index in [-0.39, 0.29) is 11.8 Å². The summed E-state index contributed by atoms with van der Waals surface area (Å²) in [4.78, 5) is 31.9. The average Bonchev–Trinajstić information content (AvgIpc) is 3.35. The number of piperidine rings is 1. The second kappa shape index (κ2) is 10.2. The van der Waals surface area contributed by atoms with Gasteiger partial charge in [-0.1, -0.05) is 23.7 Å². The van der Waals surface area contributed by atoms with E-state index in [2.05, 4.69) is 4.90 Å². The summed E-state index contributed by atoms with van der Waals surface area (Å²) < 4.78 is 11.0. The van der Waals surface area contributed by atoms with Crippen LogP contribution in [0.2, 0.25) is 5.02 Å². The molecule has 1 atom stereocenters. The quantitative estimate of drug-likeness (QED) is 0.683. The molecule has 1 unspecified atom stereocenters. The molecule has 0 bridgehead atoms. The summed E-state index contributed by atoms with van der Waals surface area (Å²) in [5.41, 5.74) is 0. The molecule has 2 fully saturated rings. The van der Waals surface area contributed by atoms with Crippen molar-refractivity contribution in [3.8, 4) is 5.75 Å². The Balaban J connectivity index is 1.27. The molecule has 0 radical (unpaired) electrons. The third kappa shape index (κ3) is 5.22. The van der Waals surface area contributed by atoms with E-state index in [1.165, 1.54) is 6.26 Å². The van der Waals surface area contributed by atoms with Crippen LogP contribution in [0.1, 0.15) is 29.8 Å². The zero-order valence-corrected chi connectivity index (χ0v) is 18.3. The number of halogens is 1. The highest BCUT2D eigenvalue weighted by Crippen LogP contribution is 2.24. The highest BCUT2D eigenvalue weighted by Gasteiger charge is 2.36. The molecule has 4 rings (SSSR count). The van der Waals surface area contributed by atoms with Gasteiger partial charge in [0.2, 0.25) is 5.91 Å². The first-order valence-corrected chi connectivity index (χ1v) is 11.2. The van der Waals surface area contributed by atoms with Crippen LogP contribution < -0.4 is 4.74 Å². The van der Waals surface area contributed by atoms with Gasteiger partial charge in [-0.25, -0.2) is 0 Å². The molecular weight excluding hydrogens is 418 g/mol. The number of carbonyl (C=O) groups excluding carboxylic acids is 2. The molecule has 31 heavy (non-hydrogen) atoms. The Bertz CT molecular complexity index is 881. The largest absolute Gasteiger partial charge is 0.491 e. The number of para-hydroxylation sites is 1. The molecule has 1 aromatic carbocycles. The lowest BCUT2D eigenvalue weighted by atomic mass is 10.00. The first kappa shape index (κ1) is 21.7. The van der Waals surface area contributed by atoms with Crippen LogP contribution in [-0.4, -0.2) is 78.4 Å². The van der Waals surface area contributed by atoms with Crippen LogP contribution in [0.3, 0.4) is 0 Å². The van der Waals surface area contributed by atoms with Crippen molar-refractivity contribution in [1.82, 2.24) is 14.7 Å². The third-order valence-corrected chi connectivity index (χ3v) is 6.28. The predicted octanol–water partition coefficient (Wildman–Crippen LogP) is 3.15. The van der Waals surface area contributed by atoms with Crippen molar-refractivity contribution in [3.05, 3.63) is 53.4 Å². The number of rotatable bonds is 6. The molecule has 2 aliphatic rings. The molecule has 2 aliphatic heterocycles. The van der Waals surface area contributed by atoms with Crippen LogP contribution >= 0.6 is 11.6 Å². The highest BCUT2D eigenvalue weighted by molar-refractivity contribution is 6.32. The van der Waals surface area contributed by atoms with Crippen molar-refractivity contribution in [1.29, 1.82) is 0 Å². The molecule has 1 aromatic heterocycles. The Morgan fingerprint density at radius 1 is 1.03 bits per heavy atom. The number of benzene rings is 1. The Morgan fingerprint density at radius 3 is 2.58 bits per heavy atom. The molecule has 8 heteroatoms. The zero-order valence-electron chi connectivity index (χ0n) is 17.5. The van der Waals surface area contributed by atoms with Crippen LogP contribution in [0.15, 0.2) is 47.1 Å². The summed E-state index contributed by atoms with van der Waals surface area (Å²) >= 11 is 6.12. The van der Waals surface area contributed by atoms with E-state index in [1.54, 1.807) is 17.0 Å². The van der Waals surface area contributed by atoms with E-state index in [1.807, 2.05) is 29.2 Å². The van der Waals surface area contributed by atoms with E-state index in [0.29, 0.717) is 49.2 Å². The van der Waals surface area contributed by atoms with Crippen molar-refractivity contribution in [3.63, 3.8) is 0 Å². The normalized spacial score (nSPS) is 20.0. The van der Waals surface area contributed by atoms with E-state index < -0.39 is 6.04 Å². The van der Waals surface area contributed by atoms with Crippen molar-refractivity contribution in [2.45, 2.75) is 25.3 Å². The number of likely N-dealkylation sites (tertiary alicyclic amines) is 1. The van der Waals surface area contributed by atoms with Gasteiger partial charge in [0, 0.05) is 39.3 Å². The van der Waals surface area contributed by atoms with Gasteiger partial charge in [-0.05, 0) is 43.5 Å². The van der Waals surface area contributed by atoms with Gasteiger partial charge in [0.15, 0.2) is 5.76 Å². The van der Waals surface area contributed by atoms with Gasteiger partial charge in [-0.15, -0.1) is 0 Å². The molecule has 2 saturated heterocycles. The van der Waals surface area contributed by atoms with E-state index in [0.717, 1.165) is 32.5 Å². The molecule has 0 N–H and O–H groups in total. The fourth-order valence-corrected chi connectivity index (χ4v) is 4.41. The maximum Gasteiger partial charge on any atom is 0.290 e. The fraction of sp³-hybridized carbons (Fsp3) is 0.478. The number of hydrogen-bond donors (Lipinski definition) is 0. The summed E-state index contributed by atoms with van der Waals surface area (Å²) in [7, 11) is 0. The molecule has 2 aromatic rings. The summed E-state index contributed by atoms with van der Waals surface area (Å²) in [6.45, 7) is 4.81. The summed E-state index contributed by atoms with van der Waals surface area (Å²) in [6.07, 6.45) is 4.06. The van der Waals surface area contributed by atoms with Crippen LogP contribution in [-0.2, 0) is 4.79 Å². The smallest absolute Gasteiger partial charge is 0.290 e. The van der Waals surface area contributed by atoms with Gasteiger partial charge in [0.25, 0.3) is 5.91 Å². The Hall–Kier alpha value is -2.51. The van der Waals surface area contributed by atoms with Crippen molar-refractivity contribution < 1.29 is 18.7 Å². The SMILES string of the molecule is O=C(C1CCCCN1C(=O)c1ccco1)N1CCN(CCOc2ccccc2Cl)CC1. The molecule has 166 valence electrons. The lowest BCUT2D eigenvalue weighted by Gasteiger charge is -2.40. The van der Waals surface area contributed by atoms with Crippen molar-refractivity contribution in [2.24, 2.45) is 0 Å². The monoisotopic (exact) mass is 445 g/mol. The molecule has 0 saturated carbocycles. The minimum atomic E-state index is -0.401. The molecule has 7 nitrogen and oxygen atoms in total. The van der Waals surface area contributed by atoms with Gasteiger partial charge in [-0.3, -0.25) is 14.5 Å². The lowest BCUT2D eigenvalue weighted by molar-refractivity contribution is -0.139. The number of piperazine rings is 1. The van der Waals surface area contributed by atoms with E-state index >= 15 is 0 Å². The number of amides is 2. The van der Waals surface area contributed by atoms with Crippen molar-refractivity contribution in [2.75, 3.05) is 45.9 Å². The summed E-state index contributed by atoms with van der Waals surface area (Å²) in [6, 6.07) is 10.4. The lowest BCUT2D eigenvalue weighted by Crippen LogP contribution is -2.57. The first-order valence-electron chi connectivity index (χ1n) is 10.9. The standard InChI is InChI=1S/C23H28ClN3O4/c24-18-6-1-2-8-20(18)31-17-15-25-11-13-26(14-12-25)22(28)19-7-3-4-10-27(19)23(29)21-9-5-16-30-21/h1-2,5-6,8-9,16,19H,3-4,7,10-15,17H2. The number of ether oxygens (including phenoxy) is 1. The molecule has 0 aliphatic carbocycles. The maximum atomic E-state index is 13.2. The van der Waals surface area contributed by atoms with Gasteiger partial charge in [-0.2, -0.15) is 0 Å². The minimum Gasteiger partial charge on any atom is -0.491 e. The predicted molar refractivity (Wildman–Crippen MR) is 117 cm³/mol. The van der Waals surface area contributed by atoms with Crippen LogP contribution in [0, 0.1) is 0 Å². The summed E-state index contributed by atoms with van der Waals surface area (Å²) in [5.74, 6) is 0.838. The van der Waals surface area contributed by atoms with E-state index in [9.17, 15) is 9.59 Å². The van der Waals surface area contributed by atoms with Gasteiger partial charge >= 0.3 is 0 Å². The Kier molecular flexibility index (Phi) is 7.14. The maximum absolute atomic E-state index is 13.2. The molecule has 2 amide bonds. The number of carbonyl (C=O) groups is 2. The second-order valence-corrected chi connectivity index (χ2v) is 8.34. The summed E-state index contributed by atoms with van der Waals surface area (Å²) in [5, 5.41) is 0.610. The van der Waals surface area contributed by atoms with Crippen molar-refractivity contribution >= 4 is 23.4 Å². The van der Waals surface area contributed by atoms with Gasteiger partial charge < -0.3 is 19.0 Å². The molecule has 0 spiro atoms. The molecule has 3 heterocycles. The average molecular weight is 446 g/mol. The van der Waals surface area contributed by atoms with Crippen LogP contribution in [0.25, 0.3) is 0 Å². The number of nitrogens with zero attached hydrogens (tertiary/aromatic N) is 3. The Labute approximate surface area is 187 Å². The zero-order chi connectivity index (χ0) is 21.6. The topological polar surface area (TPSA) is 66.2 Å². The highest BCUT2D eigenvalue weighted by atomic mass is 35.5. The molecular formula is C23H28ClN3O4. The Morgan fingerprint density at radius 2 is 1.84 bits per heavy atom. The fourth-order valence-electron chi connectivity index (χ4n) is 4.22. The first-order chi connectivity index (χ1) is 15.1. The second-order valence-electron chi connectivity index (χ2n) is 7.93. The van der Waals surface area contributed by atoms with Crippen LogP contribution in [0.5, 0.6) is 5.75 Å². The number of furan rings is 1. The van der Waals surface area contributed by atoms with Gasteiger partial charge in [0.1, 0.15) is 18.4 Å².